The number of methoxy groups -OCH3 is 2. The van der Waals surface area contributed by atoms with Crippen LogP contribution in [0, 0.1) is 17.5 Å². The molecule has 2 N–H and O–H groups in total. The number of carbonyl (C=O) groups is 1. The number of aromatic amines is 1. The van der Waals surface area contributed by atoms with Gasteiger partial charge in [0.15, 0.2) is 34.7 Å². The molecule has 19 heteroatoms. The fourth-order valence-electron chi connectivity index (χ4n) is 6.55. The Morgan fingerprint density at radius 1 is 0.627 bits per heavy atom. The van der Waals surface area contributed by atoms with E-state index in [1.165, 1.54) is 51.4 Å². The summed E-state index contributed by atoms with van der Waals surface area (Å²) < 4.78 is 53.9. The third-order valence-electron chi connectivity index (χ3n) is 9.78. The Kier molecular flexibility index (Phi) is 15.8. The molecule has 4 aromatic carbocycles. The molecule has 10 rings (SSSR count). The number of fused-ring (bicyclic) bond motifs is 3. The van der Waals surface area contributed by atoms with Gasteiger partial charge in [-0.2, -0.15) is 0 Å². The third-order valence-corrected chi connectivity index (χ3v) is 10.4. The monoisotopic (exact) mass is 965 g/mol. The zero-order valence-electron chi connectivity index (χ0n) is 35.4. The molecule has 0 bridgehead atoms. The Hall–Kier alpha value is -7.37. The van der Waals surface area contributed by atoms with Crippen molar-refractivity contribution < 1.29 is 32.5 Å². The molecule has 6 aromatic heterocycles. The first-order chi connectivity index (χ1) is 32.4. The van der Waals surface area contributed by atoms with Crippen molar-refractivity contribution in [3.05, 3.63) is 191 Å². The summed E-state index contributed by atoms with van der Waals surface area (Å²) in [4.78, 5) is 39.7. The summed E-state index contributed by atoms with van der Waals surface area (Å²) in [6, 6.07) is 34.8. The van der Waals surface area contributed by atoms with Crippen LogP contribution < -0.4 is 9.47 Å². The Balaban J connectivity index is 0.000000156. The number of aliphatic hydroxyl groups is 1. The van der Waals surface area contributed by atoms with Gasteiger partial charge in [-0.3, -0.25) is 13.9 Å². The van der Waals surface area contributed by atoms with Crippen LogP contribution in [0.15, 0.2) is 146 Å². The molecule has 6 heterocycles. The van der Waals surface area contributed by atoms with E-state index in [4.69, 9.17) is 44.3 Å². The number of para-hydroxylation sites is 3. The van der Waals surface area contributed by atoms with E-state index in [0.717, 1.165) is 5.52 Å². The van der Waals surface area contributed by atoms with Gasteiger partial charge in [0.05, 0.1) is 48.9 Å². The van der Waals surface area contributed by atoms with Gasteiger partial charge in [-0.15, -0.1) is 0 Å². The number of nitrogens with zero attached hydrogens (tertiary/aromatic N) is 8. The Morgan fingerprint density at radius 3 is 1.70 bits per heavy atom. The van der Waals surface area contributed by atoms with Crippen molar-refractivity contribution in [2.45, 2.75) is 18.9 Å². The molecule has 340 valence electrons. The van der Waals surface area contributed by atoms with Crippen LogP contribution in [-0.2, 0) is 0 Å². The summed E-state index contributed by atoms with van der Waals surface area (Å²) in [5.41, 5.74) is 3.86. The number of ketones is 1. The van der Waals surface area contributed by atoms with Gasteiger partial charge >= 0.3 is 0 Å². The Labute approximate surface area is 395 Å². The molecule has 0 saturated heterocycles. The van der Waals surface area contributed by atoms with Crippen LogP contribution in [0.5, 0.6) is 11.5 Å². The number of imidazole rings is 3. The first-order valence-electron chi connectivity index (χ1n) is 20.1. The number of H-pyrrole nitrogens is 1. The van der Waals surface area contributed by atoms with Crippen molar-refractivity contribution in [2.75, 3.05) is 14.2 Å². The van der Waals surface area contributed by atoms with Crippen LogP contribution in [0.1, 0.15) is 35.0 Å². The second-order valence-electron chi connectivity index (χ2n) is 14.1. The highest BCUT2D eigenvalue weighted by Gasteiger charge is 2.17. The van der Waals surface area contributed by atoms with E-state index < -0.39 is 11.9 Å². The first-order valence-corrected chi connectivity index (χ1v) is 21.2. The summed E-state index contributed by atoms with van der Waals surface area (Å²) in [6.45, 7) is 0. The van der Waals surface area contributed by atoms with Gasteiger partial charge in [-0.25, -0.2) is 43.1 Å². The minimum atomic E-state index is -0.939. The molecule has 0 radical (unpaired) electrons. The van der Waals surface area contributed by atoms with Crippen LogP contribution in [0.25, 0.3) is 44.7 Å². The average Bonchev–Trinajstić information content (AvgIpc) is 4.12. The van der Waals surface area contributed by atoms with E-state index in [-0.39, 0.29) is 35.8 Å². The lowest BCUT2D eigenvalue weighted by molar-refractivity contribution is 0.0937. The van der Waals surface area contributed by atoms with Crippen LogP contribution in [0.4, 0.5) is 13.2 Å². The van der Waals surface area contributed by atoms with E-state index in [9.17, 15) is 23.1 Å². The van der Waals surface area contributed by atoms with Gasteiger partial charge in [0.25, 0.3) is 0 Å². The molecule has 0 spiro atoms. The number of hydrogen-bond acceptors (Lipinski definition) is 10. The fraction of sp³-hybridized carbons (Fsp3) is 0.104. The molecule has 1 unspecified atom stereocenters. The highest BCUT2D eigenvalue weighted by molar-refractivity contribution is 6.32. The summed E-state index contributed by atoms with van der Waals surface area (Å²) in [6.07, 6.45) is 3.89. The van der Waals surface area contributed by atoms with Gasteiger partial charge in [-0.05, 0) is 97.4 Å². The zero-order valence-corrected chi connectivity index (χ0v) is 37.6. The number of carbonyl (C=O) groups excluding carboxylic acids is 1. The molecule has 0 fully saturated rings. The van der Waals surface area contributed by atoms with Crippen LogP contribution in [0.3, 0.4) is 0 Å². The van der Waals surface area contributed by atoms with Crippen molar-refractivity contribution in [3.8, 4) is 23.1 Å². The molecule has 0 saturated carbocycles. The fourth-order valence-corrected chi connectivity index (χ4v) is 7.08. The maximum Gasteiger partial charge on any atom is 0.163 e. The highest BCUT2D eigenvalue weighted by atomic mass is 35.5. The predicted molar refractivity (Wildman–Crippen MR) is 251 cm³/mol. The lowest BCUT2D eigenvalue weighted by atomic mass is 10.0. The number of hydrogen-bond donors (Lipinski definition) is 2. The molecular weight excluding hydrogens is 930 g/mol. The SMILES string of the molecule is COc1ccc(C(=O)CCC(O)c2cccc(-n3cnc4c(F)cccc43)n2)cc1OC.Clc1cccc(Cl)n1.Fc1cccc2[nH]cnc12.Fc1cccc2c1ncn2-c1cccc(Cl)n1. The number of nitrogens with one attached hydrogen (secondary N) is 1. The number of halogens is 6. The Morgan fingerprint density at radius 2 is 1.15 bits per heavy atom. The molecule has 67 heavy (non-hydrogen) atoms. The van der Waals surface area contributed by atoms with E-state index in [1.54, 1.807) is 118 Å². The second kappa shape index (κ2) is 22.2. The second-order valence-corrected chi connectivity index (χ2v) is 15.2. The summed E-state index contributed by atoms with van der Waals surface area (Å²) in [5, 5.41) is 11.9. The van der Waals surface area contributed by atoms with Gasteiger partial charge in [0, 0.05) is 12.0 Å². The maximum atomic E-state index is 13.9. The third kappa shape index (κ3) is 11.7. The van der Waals surface area contributed by atoms with E-state index >= 15 is 0 Å². The number of rotatable bonds is 9. The number of aromatic nitrogens is 9. The first kappa shape index (κ1) is 47.6. The quantitative estimate of drug-likeness (QED) is 0.105. The van der Waals surface area contributed by atoms with E-state index in [1.807, 2.05) is 0 Å². The molecule has 0 amide bonds. The van der Waals surface area contributed by atoms with Gasteiger partial charge < -0.3 is 19.6 Å². The smallest absolute Gasteiger partial charge is 0.163 e. The molecular formula is C48H37Cl3F3N9O4. The van der Waals surface area contributed by atoms with Crippen LogP contribution in [-0.4, -0.2) is 69.1 Å². The number of ether oxygens (including phenoxy) is 2. The summed E-state index contributed by atoms with van der Waals surface area (Å²) in [7, 11) is 3.03. The molecule has 0 aliphatic carbocycles. The highest BCUT2D eigenvalue weighted by Crippen LogP contribution is 2.29. The maximum absolute atomic E-state index is 13.9. The van der Waals surface area contributed by atoms with Gasteiger partial charge in [0.2, 0.25) is 0 Å². The number of benzene rings is 4. The van der Waals surface area contributed by atoms with Crippen molar-refractivity contribution in [1.29, 1.82) is 0 Å². The van der Waals surface area contributed by atoms with Crippen LogP contribution >= 0.6 is 34.8 Å². The van der Waals surface area contributed by atoms with Crippen molar-refractivity contribution in [2.24, 2.45) is 0 Å². The van der Waals surface area contributed by atoms with Gasteiger partial charge in [0.1, 0.15) is 56.3 Å². The van der Waals surface area contributed by atoms with Gasteiger partial charge in [-0.1, -0.05) is 71.2 Å². The van der Waals surface area contributed by atoms with Crippen molar-refractivity contribution >= 4 is 73.7 Å². The van der Waals surface area contributed by atoms with Crippen molar-refractivity contribution in [3.63, 3.8) is 0 Å². The molecule has 0 aliphatic rings. The molecule has 13 nitrogen and oxygen atoms in total. The normalized spacial score (nSPS) is 11.2. The van der Waals surface area contributed by atoms with Crippen LogP contribution in [0.2, 0.25) is 15.5 Å². The summed E-state index contributed by atoms with van der Waals surface area (Å²) in [5.74, 6) is 0.964. The molecule has 10 aromatic rings. The number of Topliss-reactive ketones (excluding diaryl/α,β-unsaturated/α-hetero) is 1. The topological polar surface area (TPSA) is 159 Å². The number of aliphatic hydroxyl groups excluding tert-OH is 1. The van der Waals surface area contributed by atoms with Crippen molar-refractivity contribution in [1.82, 2.24) is 44.0 Å². The van der Waals surface area contributed by atoms with E-state index in [2.05, 4.69) is 34.9 Å². The number of pyridine rings is 3. The minimum Gasteiger partial charge on any atom is -0.493 e. The predicted octanol–water partition coefficient (Wildman–Crippen LogP) is 11.6. The standard InChI is InChI=1S/C24H22FN3O4.C12H7ClFN3.C7H5FN2.C5H3Cl2N/c1-31-21-12-9-15(13-22(21)32-2)19(29)10-11-20(30)17-6-4-8-23(27-17)28-14-26-24-16(25)5-3-7-18(24)28;13-10-5-2-6-11(16-10)17-7-15-12-8(14)3-1-4-9(12)17;8-5-2-1-3-6-7(5)10-4-9-6;6-4-2-1-3-5(7)8-4/h3-9,12-14,20,30H,10-11H2,1-2H3;1-7H;1-4H,(H,9,10);1-3H. The molecule has 0 aliphatic heterocycles. The lowest BCUT2D eigenvalue weighted by Gasteiger charge is -2.12. The minimum absolute atomic E-state index is 0.127. The zero-order chi connectivity index (χ0) is 47.5. The molecule has 1 atom stereocenters. The largest absolute Gasteiger partial charge is 0.493 e. The van der Waals surface area contributed by atoms with E-state index in [0.29, 0.717) is 71.9 Å². The Bertz CT molecular complexity index is 3280. The lowest BCUT2D eigenvalue weighted by Crippen LogP contribution is -2.07. The average molecular weight is 967 g/mol. The summed E-state index contributed by atoms with van der Waals surface area (Å²) >= 11 is 16.7.